The van der Waals surface area contributed by atoms with Gasteiger partial charge in [-0.25, -0.2) is 4.79 Å². The quantitative estimate of drug-likeness (QED) is 0.531. The Balaban J connectivity index is 1.73. The number of carbonyl (C=O) groups is 2. The topological polar surface area (TPSA) is 82.7 Å². The van der Waals surface area contributed by atoms with Crippen LogP contribution in [0.5, 0.6) is 5.75 Å². The van der Waals surface area contributed by atoms with Gasteiger partial charge in [-0.2, -0.15) is 5.01 Å². The number of nitrogens with one attached hydrogen (secondary N) is 3. The molecule has 0 bridgehead atoms. The number of hydrogen-bond donors (Lipinski definition) is 3. The molecule has 2 aromatic rings. The maximum atomic E-state index is 13.0. The van der Waals surface area contributed by atoms with E-state index in [9.17, 15) is 9.59 Å². The van der Waals surface area contributed by atoms with E-state index in [0.29, 0.717) is 11.3 Å². The summed E-state index contributed by atoms with van der Waals surface area (Å²) >= 11 is 5.25. The minimum Gasteiger partial charge on any atom is -0.497 e. The number of aryl methyl sites for hydroxylation is 1. The number of benzene rings is 2. The smallest absolute Gasteiger partial charge is 0.344 e. The Labute approximate surface area is 169 Å². The van der Waals surface area contributed by atoms with Crippen LogP contribution in [0, 0.1) is 0 Å². The number of carbonyl (C=O) groups excluding carboxylic acids is 2. The van der Waals surface area contributed by atoms with Gasteiger partial charge in [0.15, 0.2) is 5.11 Å². The maximum Gasteiger partial charge on any atom is 0.344 e. The number of amides is 3. The summed E-state index contributed by atoms with van der Waals surface area (Å²) in [6.45, 7) is 3.72. The number of urea groups is 1. The van der Waals surface area contributed by atoms with Crippen molar-refractivity contribution in [3.05, 3.63) is 59.7 Å². The van der Waals surface area contributed by atoms with Gasteiger partial charge < -0.3 is 15.4 Å². The fraction of sp³-hybridized carbons (Fsp3) is 0.250. The van der Waals surface area contributed by atoms with Gasteiger partial charge in [-0.1, -0.05) is 31.2 Å². The number of methoxy groups -OCH3 is 1. The van der Waals surface area contributed by atoms with Gasteiger partial charge in [0.2, 0.25) is 0 Å². The van der Waals surface area contributed by atoms with E-state index in [1.165, 1.54) is 5.56 Å². The van der Waals surface area contributed by atoms with Crippen LogP contribution in [-0.2, 0) is 16.8 Å². The first-order valence-electron chi connectivity index (χ1n) is 8.85. The lowest BCUT2D eigenvalue weighted by Gasteiger charge is -2.23. The lowest BCUT2D eigenvalue weighted by molar-refractivity contribution is -0.132. The summed E-state index contributed by atoms with van der Waals surface area (Å²) in [4.78, 5) is 25.4. The van der Waals surface area contributed by atoms with Crippen molar-refractivity contribution >= 4 is 35.0 Å². The standard InChI is InChI=1S/C20H22N4O3S/c1-4-13-8-10-15(11-9-13)21-18(28)23-24-17(25)20(2,22-19(24)26)14-6-5-7-16(12-14)27-3/h5-12H,4H2,1-3H3,(H,22,26)(H2,21,23,28). The van der Waals surface area contributed by atoms with E-state index < -0.39 is 17.5 Å². The monoisotopic (exact) mass is 398 g/mol. The van der Waals surface area contributed by atoms with Crippen molar-refractivity contribution in [1.29, 1.82) is 0 Å². The molecule has 0 radical (unpaired) electrons. The van der Waals surface area contributed by atoms with Crippen LogP contribution in [0.25, 0.3) is 0 Å². The molecule has 3 rings (SSSR count). The average molecular weight is 398 g/mol. The van der Waals surface area contributed by atoms with E-state index in [2.05, 4.69) is 23.0 Å². The molecule has 1 aliphatic rings. The number of thiocarbonyl (C=S) groups is 1. The van der Waals surface area contributed by atoms with Crippen molar-refractivity contribution in [3.63, 3.8) is 0 Å². The van der Waals surface area contributed by atoms with Gasteiger partial charge in [-0.3, -0.25) is 10.2 Å². The summed E-state index contributed by atoms with van der Waals surface area (Å²) < 4.78 is 5.21. The fourth-order valence-corrected chi connectivity index (χ4v) is 3.16. The number of hydrogen-bond acceptors (Lipinski definition) is 4. The number of imide groups is 1. The molecular formula is C20H22N4O3S. The lowest BCUT2D eigenvalue weighted by atomic mass is 9.92. The van der Waals surface area contributed by atoms with Crippen molar-refractivity contribution in [1.82, 2.24) is 15.8 Å². The molecule has 146 valence electrons. The SMILES string of the molecule is CCc1ccc(NC(=S)NN2C(=O)NC(C)(c3cccc(OC)c3)C2=O)cc1. The molecule has 7 nitrogen and oxygen atoms in total. The Morgan fingerprint density at radius 3 is 2.57 bits per heavy atom. The summed E-state index contributed by atoms with van der Waals surface area (Å²) in [5, 5.41) is 6.71. The van der Waals surface area contributed by atoms with Crippen LogP contribution >= 0.6 is 12.2 Å². The normalized spacial score (nSPS) is 18.6. The zero-order valence-corrected chi connectivity index (χ0v) is 16.7. The molecule has 0 aromatic heterocycles. The van der Waals surface area contributed by atoms with Gasteiger partial charge in [0, 0.05) is 5.69 Å². The number of ether oxygens (including phenoxy) is 1. The summed E-state index contributed by atoms with van der Waals surface area (Å²) in [7, 11) is 1.54. The average Bonchev–Trinajstić information content (AvgIpc) is 2.92. The first-order chi connectivity index (χ1) is 13.4. The number of rotatable bonds is 5. The van der Waals surface area contributed by atoms with Gasteiger partial charge >= 0.3 is 6.03 Å². The van der Waals surface area contributed by atoms with Gasteiger partial charge in [-0.05, 0) is 61.0 Å². The minimum atomic E-state index is -1.23. The Hall–Kier alpha value is -3.13. The molecule has 0 saturated carbocycles. The molecule has 1 aliphatic heterocycles. The van der Waals surface area contributed by atoms with E-state index in [1.54, 1.807) is 38.3 Å². The summed E-state index contributed by atoms with van der Waals surface area (Å²) in [5.74, 6) is 0.135. The molecular weight excluding hydrogens is 376 g/mol. The Morgan fingerprint density at radius 1 is 1.21 bits per heavy atom. The summed E-state index contributed by atoms with van der Waals surface area (Å²) in [5.41, 5.74) is 4.02. The van der Waals surface area contributed by atoms with Crippen LogP contribution in [0.4, 0.5) is 10.5 Å². The van der Waals surface area contributed by atoms with Crippen LogP contribution in [-0.4, -0.2) is 29.2 Å². The van der Waals surface area contributed by atoms with Crippen molar-refractivity contribution in [2.45, 2.75) is 25.8 Å². The highest BCUT2D eigenvalue weighted by molar-refractivity contribution is 7.80. The van der Waals surface area contributed by atoms with E-state index in [0.717, 1.165) is 17.1 Å². The van der Waals surface area contributed by atoms with Gasteiger partial charge in [0.25, 0.3) is 5.91 Å². The minimum absolute atomic E-state index is 0.141. The molecule has 1 saturated heterocycles. The second kappa shape index (κ2) is 7.85. The molecule has 1 fully saturated rings. The number of nitrogens with zero attached hydrogens (tertiary/aromatic N) is 1. The van der Waals surface area contributed by atoms with Crippen LogP contribution < -0.4 is 20.8 Å². The maximum absolute atomic E-state index is 13.0. The van der Waals surface area contributed by atoms with Gasteiger partial charge in [-0.15, -0.1) is 0 Å². The van der Waals surface area contributed by atoms with Crippen molar-refractivity contribution in [2.75, 3.05) is 12.4 Å². The van der Waals surface area contributed by atoms with Gasteiger partial charge in [0.1, 0.15) is 11.3 Å². The number of anilines is 1. The summed E-state index contributed by atoms with van der Waals surface area (Å²) in [6, 6.07) is 14.2. The lowest BCUT2D eigenvalue weighted by Crippen LogP contribution is -2.49. The first-order valence-corrected chi connectivity index (χ1v) is 9.26. The third-order valence-electron chi connectivity index (χ3n) is 4.67. The Kier molecular flexibility index (Phi) is 5.51. The number of hydrazine groups is 1. The molecule has 3 amide bonds. The predicted octanol–water partition coefficient (Wildman–Crippen LogP) is 2.93. The van der Waals surface area contributed by atoms with Gasteiger partial charge in [0.05, 0.1) is 7.11 Å². The summed E-state index contributed by atoms with van der Waals surface area (Å²) in [6.07, 6.45) is 0.939. The molecule has 1 unspecified atom stereocenters. The highest BCUT2D eigenvalue weighted by atomic mass is 32.1. The molecule has 1 heterocycles. The second-order valence-corrected chi connectivity index (χ2v) is 6.95. The zero-order valence-electron chi connectivity index (χ0n) is 15.9. The zero-order chi connectivity index (χ0) is 20.3. The van der Waals surface area contributed by atoms with Crippen LogP contribution in [0.15, 0.2) is 48.5 Å². The van der Waals surface area contributed by atoms with Crippen molar-refractivity contribution in [2.24, 2.45) is 0 Å². The molecule has 28 heavy (non-hydrogen) atoms. The molecule has 1 atom stereocenters. The molecule has 2 aromatic carbocycles. The largest absolute Gasteiger partial charge is 0.497 e. The van der Waals surface area contributed by atoms with Crippen LogP contribution in [0.3, 0.4) is 0 Å². The Bertz CT molecular complexity index is 916. The second-order valence-electron chi connectivity index (χ2n) is 6.54. The molecule has 3 N–H and O–H groups in total. The van der Waals surface area contributed by atoms with E-state index in [1.807, 2.05) is 24.3 Å². The van der Waals surface area contributed by atoms with Crippen LogP contribution in [0.1, 0.15) is 25.0 Å². The van der Waals surface area contributed by atoms with E-state index in [-0.39, 0.29) is 5.11 Å². The van der Waals surface area contributed by atoms with E-state index >= 15 is 0 Å². The third-order valence-corrected chi connectivity index (χ3v) is 4.86. The predicted molar refractivity (Wildman–Crippen MR) is 111 cm³/mol. The highest BCUT2D eigenvalue weighted by Gasteiger charge is 2.50. The first kappa shape index (κ1) is 19.6. The Morgan fingerprint density at radius 2 is 1.93 bits per heavy atom. The fourth-order valence-electron chi connectivity index (χ4n) is 2.95. The van der Waals surface area contributed by atoms with Crippen LogP contribution in [0.2, 0.25) is 0 Å². The van der Waals surface area contributed by atoms with E-state index in [4.69, 9.17) is 17.0 Å². The van der Waals surface area contributed by atoms with Crippen molar-refractivity contribution in [3.8, 4) is 5.75 Å². The third kappa shape index (κ3) is 3.77. The van der Waals surface area contributed by atoms with Crippen molar-refractivity contribution < 1.29 is 14.3 Å². The molecule has 0 aliphatic carbocycles. The molecule has 0 spiro atoms. The molecule has 8 heteroatoms. The highest BCUT2D eigenvalue weighted by Crippen LogP contribution is 2.30.